The zero-order valence-electron chi connectivity index (χ0n) is 25.2. The molecule has 3 aromatic rings. The number of nitrogens with zero attached hydrogens (tertiary/aromatic N) is 2. The Morgan fingerprint density at radius 2 is 1.64 bits per heavy atom. The molecule has 2 heterocycles. The topological polar surface area (TPSA) is 105 Å². The largest absolute Gasteiger partial charge is 0.497 e. The minimum atomic E-state index is -3.51. The molecule has 0 bridgehead atoms. The lowest BCUT2D eigenvalue weighted by Crippen LogP contribution is -2.45. The summed E-state index contributed by atoms with van der Waals surface area (Å²) < 4.78 is 38.4. The average Bonchev–Trinajstić information content (AvgIpc) is 3.79. The summed E-state index contributed by atoms with van der Waals surface area (Å²) in [5.41, 5.74) is 2.43. The second kappa shape index (κ2) is 14.8. The summed E-state index contributed by atoms with van der Waals surface area (Å²) in [7, 11) is -1.91. The number of aryl methyl sites for hydroxylation is 1. The lowest BCUT2D eigenvalue weighted by Gasteiger charge is -2.32. The predicted octanol–water partition coefficient (Wildman–Crippen LogP) is 4.48. The van der Waals surface area contributed by atoms with Gasteiger partial charge in [0, 0.05) is 39.2 Å². The number of benzene rings is 3. The fraction of sp³-hybridized carbons (Fsp3) is 0.412. The molecule has 9 nitrogen and oxygen atoms in total. The molecule has 2 aliphatic heterocycles. The molecular formula is C34H41N3O6S. The van der Waals surface area contributed by atoms with Crippen LogP contribution in [0.2, 0.25) is 0 Å². The molecule has 0 aromatic heterocycles. The first-order chi connectivity index (χ1) is 21.3. The van der Waals surface area contributed by atoms with E-state index in [9.17, 15) is 18.0 Å². The van der Waals surface area contributed by atoms with Crippen molar-refractivity contribution in [3.05, 3.63) is 95.6 Å². The van der Waals surface area contributed by atoms with Crippen molar-refractivity contribution in [1.82, 2.24) is 14.5 Å². The van der Waals surface area contributed by atoms with E-state index < -0.39 is 16.1 Å². The molecule has 0 spiro atoms. The van der Waals surface area contributed by atoms with E-state index >= 15 is 0 Å². The molecule has 2 saturated heterocycles. The number of sulfonamides is 1. The van der Waals surface area contributed by atoms with Crippen LogP contribution in [-0.4, -0.2) is 68.9 Å². The van der Waals surface area contributed by atoms with E-state index in [2.05, 4.69) is 5.32 Å². The van der Waals surface area contributed by atoms with Gasteiger partial charge in [-0.3, -0.25) is 9.59 Å². The summed E-state index contributed by atoms with van der Waals surface area (Å²) in [6.45, 7) is 2.40. The normalized spacial score (nSPS) is 17.7. The number of ether oxygens (including phenoxy) is 2. The van der Waals surface area contributed by atoms with Gasteiger partial charge in [0.15, 0.2) is 0 Å². The molecule has 3 aromatic carbocycles. The molecule has 2 fully saturated rings. The lowest BCUT2D eigenvalue weighted by atomic mass is 10.0. The predicted molar refractivity (Wildman–Crippen MR) is 167 cm³/mol. The number of carbonyl (C=O) groups is 2. The number of amides is 2. The third-order valence-corrected chi connectivity index (χ3v) is 10.2. The number of hydrogen-bond donors (Lipinski definition) is 1. The smallest absolute Gasteiger partial charge is 0.247 e. The Bertz CT molecular complexity index is 1480. The zero-order chi connectivity index (χ0) is 30.9. The van der Waals surface area contributed by atoms with Crippen molar-refractivity contribution in [3.8, 4) is 5.75 Å². The summed E-state index contributed by atoms with van der Waals surface area (Å²) in [6.07, 6.45) is 4.14. The van der Waals surface area contributed by atoms with Crippen LogP contribution in [0.4, 0.5) is 0 Å². The highest BCUT2D eigenvalue weighted by atomic mass is 32.2. The van der Waals surface area contributed by atoms with Crippen molar-refractivity contribution in [2.24, 2.45) is 0 Å². The van der Waals surface area contributed by atoms with Gasteiger partial charge in [-0.1, -0.05) is 54.6 Å². The maximum Gasteiger partial charge on any atom is 0.247 e. The number of nitrogens with one attached hydrogen (secondary N) is 1. The molecule has 5 rings (SSSR count). The van der Waals surface area contributed by atoms with E-state index in [1.165, 1.54) is 4.31 Å². The van der Waals surface area contributed by atoms with E-state index in [-0.39, 0.29) is 35.8 Å². The van der Waals surface area contributed by atoms with Crippen molar-refractivity contribution >= 4 is 21.8 Å². The van der Waals surface area contributed by atoms with Gasteiger partial charge in [0.25, 0.3) is 0 Å². The molecular weight excluding hydrogens is 578 g/mol. The van der Waals surface area contributed by atoms with Gasteiger partial charge >= 0.3 is 0 Å². The van der Waals surface area contributed by atoms with E-state index in [0.717, 1.165) is 42.4 Å². The molecule has 0 aliphatic carbocycles. The summed E-state index contributed by atoms with van der Waals surface area (Å²) >= 11 is 0. The SMILES string of the molecule is COc1ccc(CN(C(=O)CCc2ccc(S(=O)(=O)N3CCCC3)cc2)[C@@H](C(=O)NC[C@H]2CCCO2)c2ccccc2)cc1. The Morgan fingerprint density at radius 1 is 0.955 bits per heavy atom. The van der Waals surface area contributed by atoms with Crippen LogP contribution in [0.25, 0.3) is 0 Å². The van der Waals surface area contributed by atoms with Crippen LogP contribution in [0, 0.1) is 0 Å². The minimum absolute atomic E-state index is 0.0293. The average molecular weight is 620 g/mol. The summed E-state index contributed by atoms with van der Waals surface area (Å²) in [5.74, 6) is 0.261. The van der Waals surface area contributed by atoms with Crippen LogP contribution in [0.1, 0.15) is 54.8 Å². The fourth-order valence-electron chi connectivity index (χ4n) is 5.78. The quantitative estimate of drug-likeness (QED) is 0.303. The van der Waals surface area contributed by atoms with Crippen LogP contribution in [0.15, 0.2) is 83.8 Å². The Balaban J connectivity index is 1.36. The van der Waals surface area contributed by atoms with Crippen molar-refractivity contribution in [3.63, 3.8) is 0 Å². The van der Waals surface area contributed by atoms with Crippen molar-refractivity contribution in [2.75, 3.05) is 33.4 Å². The first-order valence-electron chi connectivity index (χ1n) is 15.3. The monoisotopic (exact) mass is 619 g/mol. The second-order valence-electron chi connectivity index (χ2n) is 11.3. The van der Waals surface area contributed by atoms with Crippen LogP contribution in [0.3, 0.4) is 0 Å². The van der Waals surface area contributed by atoms with Crippen molar-refractivity contribution < 1.29 is 27.5 Å². The molecule has 0 unspecified atom stereocenters. The third-order valence-electron chi connectivity index (χ3n) is 8.29. The molecule has 2 amide bonds. The molecule has 2 atom stereocenters. The lowest BCUT2D eigenvalue weighted by molar-refractivity contribution is -0.141. The summed E-state index contributed by atoms with van der Waals surface area (Å²) in [4.78, 5) is 29.7. The third kappa shape index (κ3) is 7.85. The maximum atomic E-state index is 14.0. The first-order valence-corrected chi connectivity index (χ1v) is 16.7. The molecule has 0 saturated carbocycles. The van der Waals surface area contributed by atoms with Crippen LogP contribution < -0.4 is 10.1 Å². The van der Waals surface area contributed by atoms with Gasteiger partial charge in [0.2, 0.25) is 21.8 Å². The highest BCUT2D eigenvalue weighted by Gasteiger charge is 2.32. The van der Waals surface area contributed by atoms with Gasteiger partial charge in [-0.25, -0.2) is 8.42 Å². The van der Waals surface area contributed by atoms with Gasteiger partial charge in [-0.15, -0.1) is 0 Å². The van der Waals surface area contributed by atoms with Crippen LogP contribution in [-0.2, 0) is 37.3 Å². The second-order valence-corrected chi connectivity index (χ2v) is 13.3. The van der Waals surface area contributed by atoms with E-state index in [4.69, 9.17) is 9.47 Å². The minimum Gasteiger partial charge on any atom is -0.497 e. The zero-order valence-corrected chi connectivity index (χ0v) is 26.0. The van der Waals surface area contributed by atoms with Gasteiger partial charge in [-0.2, -0.15) is 4.31 Å². The van der Waals surface area contributed by atoms with Crippen molar-refractivity contribution in [1.29, 1.82) is 0 Å². The Labute approximate surface area is 260 Å². The van der Waals surface area contributed by atoms with E-state index in [1.807, 2.05) is 54.6 Å². The van der Waals surface area contributed by atoms with Gasteiger partial charge in [0.1, 0.15) is 11.8 Å². The Kier molecular flexibility index (Phi) is 10.7. The maximum absolute atomic E-state index is 14.0. The van der Waals surface area contributed by atoms with E-state index in [1.54, 1.807) is 36.3 Å². The standard InChI is InChI=1S/C34H41N3O6S/c1-42-29-16-11-27(12-17-29)25-37(33(28-8-3-2-4-9-28)34(39)35-24-30-10-7-23-43-30)32(38)20-15-26-13-18-31(19-14-26)44(40,41)36-21-5-6-22-36/h2-4,8-9,11-14,16-19,30,33H,5-7,10,15,20-25H2,1H3,(H,35,39)/t30-,33-/m1/s1. The fourth-order valence-corrected chi connectivity index (χ4v) is 7.29. The van der Waals surface area contributed by atoms with Gasteiger partial charge in [-0.05, 0) is 73.1 Å². The Hall–Kier alpha value is -3.73. The molecule has 2 aliphatic rings. The number of rotatable bonds is 13. The van der Waals surface area contributed by atoms with Crippen molar-refractivity contribution in [2.45, 2.75) is 62.1 Å². The summed E-state index contributed by atoms with van der Waals surface area (Å²) in [5, 5.41) is 3.04. The molecule has 10 heteroatoms. The van der Waals surface area contributed by atoms with Gasteiger partial charge < -0.3 is 19.7 Å². The van der Waals surface area contributed by atoms with Gasteiger partial charge in [0.05, 0.1) is 18.1 Å². The summed E-state index contributed by atoms with van der Waals surface area (Å²) in [6, 6.07) is 22.7. The molecule has 234 valence electrons. The number of methoxy groups -OCH3 is 1. The molecule has 1 N–H and O–H groups in total. The molecule has 0 radical (unpaired) electrons. The highest BCUT2D eigenvalue weighted by Crippen LogP contribution is 2.27. The number of hydrogen-bond acceptors (Lipinski definition) is 6. The first kappa shape index (κ1) is 31.7. The number of carbonyl (C=O) groups excluding carboxylic acids is 2. The Morgan fingerprint density at radius 3 is 2.27 bits per heavy atom. The molecule has 44 heavy (non-hydrogen) atoms. The highest BCUT2D eigenvalue weighted by molar-refractivity contribution is 7.89. The van der Waals surface area contributed by atoms with Crippen LogP contribution >= 0.6 is 0 Å². The van der Waals surface area contributed by atoms with Crippen LogP contribution in [0.5, 0.6) is 5.75 Å². The van der Waals surface area contributed by atoms with E-state index in [0.29, 0.717) is 38.4 Å².